The van der Waals surface area contributed by atoms with Crippen molar-refractivity contribution >= 4 is 5.97 Å². The molecule has 0 fully saturated rings. The maximum Gasteiger partial charge on any atom is 0.387 e. The lowest BCUT2D eigenvalue weighted by molar-refractivity contribution is -0.139. The largest absolute Gasteiger partial charge is 0.468 e. The number of benzene rings is 1. The third-order valence-corrected chi connectivity index (χ3v) is 2.39. The van der Waals surface area contributed by atoms with Gasteiger partial charge in [0.2, 0.25) is 0 Å². The number of carbonyl (C=O) groups excluding carboxylic acids is 1. The van der Waals surface area contributed by atoms with E-state index in [4.69, 9.17) is 0 Å². The quantitative estimate of drug-likeness (QED) is 0.795. The van der Waals surface area contributed by atoms with E-state index in [-0.39, 0.29) is 24.3 Å². The van der Waals surface area contributed by atoms with Crippen molar-refractivity contribution in [3.05, 3.63) is 29.8 Å². The summed E-state index contributed by atoms with van der Waals surface area (Å²) in [4.78, 5) is 10.9. The SMILES string of the molecule is COC(=O)CNC(C)c1ccc(OC(F)F)cc1. The van der Waals surface area contributed by atoms with Crippen molar-refractivity contribution in [3.8, 4) is 5.75 Å². The second-order valence-corrected chi connectivity index (χ2v) is 3.63. The number of methoxy groups -OCH3 is 1. The Labute approximate surface area is 104 Å². The molecule has 0 amide bonds. The minimum Gasteiger partial charge on any atom is -0.468 e. The molecule has 0 heterocycles. The summed E-state index contributed by atoms with van der Waals surface area (Å²) in [5.74, 6) is -0.256. The van der Waals surface area contributed by atoms with E-state index in [0.29, 0.717) is 0 Å². The molecule has 1 unspecified atom stereocenters. The van der Waals surface area contributed by atoms with Gasteiger partial charge in [0.1, 0.15) is 5.75 Å². The average molecular weight is 259 g/mol. The van der Waals surface area contributed by atoms with Crippen molar-refractivity contribution in [2.24, 2.45) is 0 Å². The minimum atomic E-state index is -2.83. The molecule has 0 aliphatic heterocycles. The molecule has 1 N–H and O–H groups in total. The molecule has 18 heavy (non-hydrogen) atoms. The fourth-order valence-electron chi connectivity index (χ4n) is 1.36. The smallest absolute Gasteiger partial charge is 0.387 e. The number of nitrogens with one attached hydrogen (secondary N) is 1. The normalized spacial score (nSPS) is 12.3. The van der Waals surface area contributed by atoms with Gasteiger partial charge in [0, 0.05) is 6.04 Å². The molecule has 0 radical (unpaired) electrons. The summed E-state index contributed by atoms with van der Waals surface area (Å²) >= 11 is 0. The van der Waals surface area contributed by atoms with Crippen LogP contribution in [-0.2, 0) is 9.53 Å². The number of rotatable bonds is 6. The first-order valence-corrected chi connectivity index (χ1v) is 5.38. The first-order chi connectivity index (χ1) is 8.52. The maximum atomic E-state index is 11.9. The first kappa shape index (κ1) is 14.4. The van der Waals surface area contributed by atoms with Crippen LogP contribution in [0.5, 0.6) is 5.75 Å². The standard InChI is InChI=1S/C12H15F2NO3/c1-8(15-7-11(16)17-2)9-3-5-10(6-4-9)18-12(13)14/h3-6,8,12,15H,7H2,1-2H3. The van der Waals surface area contributed by atoms with Crippen molar-refractivity contribution in [1.82, 2.24) is 5.32 Å². The molecule has 6 heteroatoms. The molecular weight excluding hydrogens is 244 g/mol. The molecule has 1 aromatic rings. The van der Waals surface area contributed by atoms with Crippen LogP contribution in [0.4, 0.5) is 8.78 Å². The lowest BCUT2D eigenvalue weighted by Gasteiger charge is -2.14. The number of halogens is 2. The second kappa shape index (κ2) is 6.90. The van der Waals surface area contributed by atoms with E-state index in [2.05, 4.69) is 14.8 Å². The van der Waals surface area contributed by atoms with Gasteiger partial charge in [-0.05, 0) is 24.6 Å². The first-order valence-electron chi connectivity index (χ1n) is 5.38. The Morgan fingerprint density at radius 3 is 2.44 bits per heavy atom. The molecule has 100 valence electrons. The summed E-state index contributed by atoms with van der Waals surface area (Å²) in [6.45, 7) is -0.885. The van der Waals surface area contributed by atoms with E-state index in [1.807, 2.05) is 6.92 Å². The van der Waals surface area contributed by atoms with Crippen molar-refractivity contribution in [1.29, 1.82) is 0 Å². The molecule has 0 saturated carbocycles. The van der Waals surface area contributed by atoms with Gasteiger partial charge in [0.15, 0.2) is 0 Å². The summed E-state index contributed by atoms with van der Waals surface area (Å²) in [6, 6.07) is 6.14. The predicted molar refractivity (Wildman–Crippen MR) is 61.5 cm³/mol. The number of hydrogen-bond acceptors (Lipinski definition) is 4. The fraction of sp³-hybridized carbons (Fsp3) is 0.417. The van der Waals surface area contributed by atoms with Gasteiger partial charge >= 0.3 is 12.6 Å². The number of esters is 1. The predicted octanol–water partition coefficient (Wildman–Crippen LogP) is 2.11. The number of hydrogen-bond donors (Lipinski definition) is 1. The molecule has 4 nitrogen and oxygen atoms in total. The number of alkyl halides is 2. The summed E-state index contributed by atoms with van der Waals surface area (Å²) in [5.41, 5.74) is 0.862. The van der Waals surface area contributed by atoms with Gasteiger partial charge in [-0.15, -0.1) is 0 Å². The van der Waals surface area contributed by atoms with Gasteiger partial charge < -0.3 is 14.8 Å². The Hall–Kier alpha value is -1.69. The Kier molecular flexibility index (Phi) is 5.51. The minimum absolute atomic E-state index is 0.0902. The molecule has 0 aliphatic rings. The molecular formula is C12H15F2NO3. The van der Waals surface area contributed by atoms with Crippen LogP contribution >= 0.6 is 0 Å². The van der Waals surface area contributed by atoms with Crippen LogP contribution in [0.25, 0.3) is 0 Å². The Morgan fingerprint density at radius 1 is 1.33 bits per heavy atom. The van der Waals surface area contributed by atoms with E-state index in [9.17, 15) is 13.6 Å². The lowest BCUT2D eigenvalue weighted by atomic mass is 10.1. The van der Waals surface area contributed by atoms with Gasteiger partial charge in [-0.2, -0.15) is 8.78 Å². The van der Waals surface area contributed by atoms with Crippen molar-refractivity contribution < 1.29 is 23.0 Å². The van der Waals surface area contributed by atoms with Crippen LogP contribution in [0.1, 0.15) is 18.5 Å². The molecule has 1 aromatic carbocycles. The van der Waals surface area contributed by atoms with E-state index >= 15 is 0 Å². The Balaban J connectivity index is 2.53. The maximum absolute atomic E-state index is 11.9. The van der Waals surface area contributed by atoms with Gasteiger partial charge in [0.25, 0.3) is 0 Å². The van der Waals surface area contributed by atoms with E-state index < -0.39 is 6.61 Å². The third-order valence-electron chi connectivity index (χ3n) is 2.39. The van der Waals surface area contributed by atoms with E-state index in [0.717, 1.165) is 5.56 Å². The zero-order valence-electron chi connectivity index (χ0n) is 10.2. The lowest BCUT2D eigenvalue weighted by Crippen LogP contribution is -2.26. The molecule has 0 aliphatic carbocycles. The zero-order valence-corrected chi connectivity index (χ0v) is 10.2. The van der Waals surface area contributed by atoms with Crippen molar-refractivity contribution in [2.75, 3.05) is 13.7 Å². The van der Waals surface area contributed by atoms with Crippen LogP contribution in [0.3, 0.4) is 0 Å². The third kappa shape index (κ3) is 4.67. The van der Waals surface area contributed by atoms with Crippen LogP contribution in [0, 0.1) is 0 Å². The highest BCUT2D eigenvalue weighted by Crippen LogP contribution is 2.18. The zero-order chi connectivity index (χ0) is 13.5. The summed E-state index contributed by atoms with van der Waals surface area (Å²) < 4.78 is 32.6. The van der Waals surface area contributed by atoms with Gasteiger partial charge in [-0.3, -0.25) is 4.79 Å². The number of carbonyl (C=O) groups is 1. The molecule has 1 rings (SSSR count). The average Bonchev–Trinajstić information content (AvgIpc) is 2.35. The molecule has 0 bridgehead atoms. The summed E-state index contributed by atoms with van der Waals surface area (Å²) in [5, 5.41) is 2.95. The van der Waals surface area contributed by atoms with Crippen LogP contribution in [0.15, 0.2) is 24.3 Å². The van der Waals surface area contributed by atoms with E-state index in [1.165, 1.54) is 19.2 Å². The highest BCUT2D eigenvalue weighted by Gasteiger charge is 2.09. The van der Waals surface area contributed by atoms with Gasteiger partial charge in [-0.1, -0.05) is 12.1 Å². The second-order valence-electron chi connectivity index (χ2n) is 3.63. The Morgan fingerprint density at radius 2 is 1.94 bits per heavy atom. The topological polar surface area (TPSA) is 47.6 Å². The highest BCUT2D eigenvalue weighted by atomic mass is 19.3. The van der Waals surface area contributed by atoms with Crippen LogP contribution in [-0.4, -0.2) is 26.2 Å². The summed E-state index contributed by atoms with van der Waals surface area (Å²) in [6.07, 6.45) is 0. The molecule has 1 atom stereocenters. The van der Waals surface area contributed by atoms with Crippen LogP contribution in [0.2, 0.25) is 0 Å². The highest BCUT2D eigenvalue weighted by molar-refractivity contribution is 5.71. The van der Waals surface area contributed by atoms with E-state index in [1.54, 1.807) is 12.1 Å². The monoisotopic (exact) mass is 259 g/mol. The fourth-order valence-corrected chi connectivity index (χ4v) is 1.36. The Bertz CT molecular complexity index is 381. The van der Waals surface area contributed by atoms with Crippen LogP contribution < -0.4 is 10.1 Å². The summed E-state index contributed by atoms with van der Waals surface area (Å²) in [7, 11) is 1.31. The molecule has 0 spiro atoms. The molecule has 0 aromatic heterocycles. The van der Waals surface area contributed by atoms with Crippen molar-refractivity contribution in [2.45, 2.75) is 19.6 Å². The van der Waals surface area contributed by atoms with Gasteiger partial charge in [-0.25, -0.2) is 0 Å². The van der Waals surface area contributed by atoms with Crippen molar-refractivity contribution in [3.63, 3.8) is 0 Å². The number of ether oxygens (including phenoxy) is 2. The van der Waals surface area contributed by atoms with Gasteiger partial charge in [0.05, 0.1) is 13.7 Å². The molecule has 0 saturated heterocycles.